The number of pyridine rings is 1. The molecule has 0 aliphatic heterocycles. The van der Waals surface area contributed by atoms with Crippen molar-refractivity contribution in [1.29, 1.82) is 0 Å². The second kappa shape index (κ2) is 8.11. The van der Waals surface area contributed by atoms with E-state index in [1.165, 1.54) is 13.3 Å². The number of nitrogens with zero attached hydrogens (tertiary/aromatic N) is 4. The molecule has 3 heterocycles. The molecule has 10 heteroatoms. The topological polar surface area (TPSA) is 93.4 Å². The van der Waals surface area contributed by atoms with Crippen LogP contribution in [0.25, 0.3) is 5.52 Å². The molecule has 0 saturated carbocycles. The van der Waals surface area contributed by atoms with Crippen LogP contribution in [0.2, 0.25) is 0 Å². The molecule has 0 spiro atoms. The summed E-state index contributed by atoms with van der Waals surface area (Å²) in [7, 11) is 1.36. The first-order chi connectivity index (χ1) is 14.5. The molecule has 0 aliphatic carbocycles. The minimum Gasteiger partial charge on any atom is -0.479 e. The molecular formula is C20H16F2N6O2. The average Bonchev–Trinajstić information content (AvgIpc) is 3.20. The Labute approximate surface area is 169 Å². The number of fused-ring (bicyclic) bond motifs is 1. The summed E-state index contributed by atoms with van der Waals surface area (Å²) < 4.78 is 33.6. The molecule has 4 aromatic rings. The first-order valence-electron chi connectivity index (χ1n) is 8.87. The van der Waals surface area contributed by atoms with Crippen LogP contribution in [-0.2, 0) is 6.54 Å². The van der Waals surface area contributed by atoms with E-state index in [4.69, 9.17) is 4.74 Å². The first-order valence-corrected chi connectivity index (χ1v) is 8.87. The van der Waals surface area contributed by atoms with Gasteiger partial charge in [-0.1, -0.05) is 6.07 Å². The van der Waals surface area contributed by atoms with Crippen molar-refractivity contribution in [2.75, 3.05) is 12.4 Å². The lowest BCUT2D eigenvalue weighted by molar-refractivity contribution is 0.0941. The van der Waals surface area contributed by atoms with E-state index in [2.05, 4.69) is 25.7 Å². The monoisotopic (exact) mass is 410 g/mol. The predicted molar refractivity (Wildman–Crippen MR) is 105 cm³/mol. The number of nitrogens with one attached hydrogen (secondary N) is 2. The standard InChI is InChI=1S/C20H16F2N6O2/c1-30-20-18(19(29)23-10-16-4-2-3-15-5-6-25-28(15)16)27-17(11-24-20)26-14-8-12(21)7-13(22)9-14/h2-9,11H,10H2,1H3,(H,23,29)(H,26,27). The molecule has 152 valence electrons. The number of halogens is 2. The van der Waals surface area contributed by atoms with E-state index in [0.29, 0.717) is 0 Å². The number of benzene rings is 1. The fraction of sp³-hybridized carbons (Fsp3) is 0.100. The van der Waals surface area contributed by atoms with Crippen LogP contribution in [0.5, 0.6) is 5.88 Å². The lowest BCUT2D eigenvalue weighted by Gasteiger charge is -2.11. The second-order valence-corrected chi connectivity index (χ2v) is 6.26. The van der Waals surface area contributed by atoms with Gasteiger partial charge in [0, 0.05) is 18.0 Å². The molecule has 0 unspecified atom stereocenters. The third-order valence-electron chi connectivity index (χ3n) is 4.21. The summed E-state index contributed by atoms with van der Waals surface area (Å²) in [5.74, 6) is -1.88. The maximum Gasteiger partial charge on any atom is 0.275 e. The van der Waals surface area contributed by atoms with Gasteiger partial charge in [-0.25, -0.2) is 23.3 Å². The first kappa shape index (κ1) is 19.2. The Balaban J connectivity index is 1.55. The summed E-state index contributed by atoms with van der Waals surface area (Å²) in [6.07, 6.45) is 2.96. The van der Waals surface area contributed by atoms with Crippen LogP contribution >= 0.6 is 0 Å². The van der Waals surface area contributed by atoms with Crippen molar-refractivity contribution in [3.8, 4) is 5.88 Å². The summed E-state index contributed by atoms with van der Waals surface area (Å²) >= 11 is 0. The van der Waals surface area contributed by atoms with Crippen molar-refractivity contribution < 1.29 is 18.3 Å². The Morgan fingerprint density at radius 1 is 1.17 bits per heavy atom. The third-order valence-corrected chi connectivity index (χ3v) is 4.21. The molecule has 3 aromatic heterocycles. The maximum atomic E-state index is 13.4. The van der Waals surface area contributed by atoms with E-state index in [9.17, 15) is 13.6 Å². The molecular weight excluding hydrogens is 394 g/mol. The third kappa shape index (κ3) is 4.02. The number of hydrogen-bond donors (Lipinski definition) is 2. The lowest BCUT2D eigenvalue weighted by Crippen LogP contribution is -2.26. The Kier molecular flexibility index (Phi) is 5.21. The van der Waals surface area contributed by atoms with Gasteiger partial charge in [0.15, 0.2) is 5.69 Å². The van der Waals surface area contributed by atoms with E-state index >= 15 is 0 Å². The van der Waals surface area contributed by atoms with E-state index in [-0.39, 0.29) is 29.6 Å². The quantitative estimate of drug-likeness (QED) is 0.508. The van der Waals surface area contributed by atoms with Crippen molar-refractivity contribution in [3.05, 3.63) is 77.9 Å². The zero-order valence-corrected chi connectivity index (χ0v) is 15.8. The van der Waals surface area contributed by atoms with Gasteiger partial charge >= 0.3 is 0 Å². The van der Waals surface area contributed by atoms with Gasteiger partial charge in [-0.15, -0.1) is 0 Å². The van der Waals surface area contributed by atoms with Gasteiger partial charge < -0.3 is 15.4 Å². The number of anilines is 2. The molecule has 0 bridgehead atoms. The van der Waals surface area contributed by atoms with Crippen LogP contribution in [0.1, 0.15) is 16.2 Å². The molecule has 30 heavy (non-hydrogen) atoms. The smallest absolute Gasteiger partial charge is 0.275 e. The minimum absolute atomic E-state index is 0.0146. The Hall–Kier alpha value is -4.08. The minimum atomic E-state index is -0.746. The Morgan fingerprint density at radius 2 is 1.97 bits per heavy atom. The summed E-state index contributed by atoms with van der Waals surface area (Å²) in [5.41, 5.74) is 1.71. The van der Waals surface area contributed by atoms with E-state index in [1.807, 2.05) is 24.3 Å². The number of hydrogen-bond acceptors (Lipinski definition) is 6. The van der Waals surface area contributed by atoms with E-state index in [0.717, 1.165) is 29.4 Å². The number of amides is 1. The van der Waals surface area contributed by atoms with E-state index in [1.54, 1.807) is 10.7 Å². The van der Waals surface area contributed by atoms with Crippen LogP contribution in [0.3, 0.4) is 0 Å². The predicted octanol–water partition coefficient (Wildman–Crippen LogP) is 3.08. The number of rotatable bonds is 6. The summed E-state index contributed by atoms with van der Waals surface area (Å²) in [6.45, 7) is 0.190. The summed E-state index contributed by atoms with van der Waals surface area (Å²) in [6, 6.07) is 10.4. The zero-order chi connectivity index (χ0) is 21.1. The summed E-state index contributed by atoms with van der Waals surface area (Å²) in [4.78, 5) is 20.9. The molecule has 0 aliphatic rings. The van der Waals surface area contributed by atoms with Crippen LogP contribution in [0.4, 0.5) is 20.3 Å². The normalized spacial score (nSPS) is 10.8. The molecule has 1 amide bonds. The highest BCUT2D eigenvalue weighted by Gasteiger charge is 2.17. The molecule has 1 aromatic carbocycles. The van der Waals surface area contributed by atoms with Crippen LogP contribution in [0.15, 0.2) is 54.9 Å². The largest absolute Gasteiger partial charge is 0.479 e. The van der Waals surface area contributed by atoms with Gasteiger partial charge in [0.25, 0.3) is 5.91 Å². The van der Waals surface area contributed by atoms with Gasteiger partial charge in [0.2, 0.25) is 5.88 Å². The van der Waals surface area contributed by atoms with Gasteiger partial charge in [0.1, 0.15) is 17.5 Å². The van der Waals surface area contributed by atoms with Crippen molar-refractivity contribution in [1.82, 2.24) is 24.9 Å². The SMILES string of the molecule is COc1ncc(Nc2cc(F)cc(F)c2)nc1C(=O)NCc1cccc2ccnn12. The van der Waals surface area contributed by atoms with Gasteiger partial charge in [-0.3, -0.25) is 4.79 Å². The fourth-order valence-corrected chi connectivity index (χ4v) is 2.91. The van der Waals surface area contributed by atoms with Crippen LogP contribution in [-0.4, -0.2) is 32.6 Å². The molecule has 0 fully saturated rings. The number of carbonyl (C=O) groups excluding carboxylic acids is 1. The Morgan fingerprint density at radius 3 is 2.73 bits per heavy atom. The molecule has 4 rings (SSSR count). The average molecular weight is 410 g/mol. The van der Waals surface area contributed by atoms with Crippen molar-refractivity contribution >= 4 is 22.9 Å². The van der Waals surface area contributed by atoms with Gasteiger partial charge in [-0.2, -0.15) is 5.10 Å². The van der Waals surface area contributed by atoms with Crippen LogP contribution in [0, 0.1) is 11.6 Å². The summed E-state index contributed by atoms with van der Waals surface area (Å²) in [5, 5.41) is 9.69. The van der Waals surface area contributed by atoms with Crippen molar-refractivity contribution in [2.45, 2.75) is 6.54 Å². The highest BCUT2D eigenvalue weighted by Crippen LogP contribution is 2.20. The number of ether oxygens (including phenoxy) is 1. The molecule has 8 nitrogen and oxygen atoms in total. The molecule has 2 N–H and O–H groups in total. The van der Waals surface area contributed by atoms with Crippen molar-refractivity contribution in [3.63, 3.8) is 0 Å². The van der Waals surface area contributed by atoms with Crippen LogP contribution < -0.4 is 15.4 Å². The van der Waals surface area contributed by atoms with E-state index < -0.39 is 17.5 Å². The second-order valence-electron chi connectivity index (χ2n) is 6.26. The highest BCUT2D eigenvalue weighted by molar-refractivity contribution is 5.94. The zero-order valence-electron chi connectivity index (χ0n) is 15.8. The number of aromatic nitrogens is 4. The lowest BCUT2D eigenvalue weighted by atomic mass is 10.3. The molecule has 0 saturated heterocycles. The molecule has 0 atom stereocenters. The number of methoxy groups -OCH3 is 1. The molecule has 0 radical (unpaired) electrons. The van der Waals surface area contributed by atoms with Crippen molar-refractivity contribution in [2.24, 2.45) is 0 Å². The Bertz CT molecular complexity index is 1210. The highest BCUT2D eigenvalue weighted by atomic mass is 19.1. The number of carbonyl (C=O) groups is 1. The van der Waals surface area contributed by atoms with Gasteiger partial charge in [-0.05, 0) is 30.3 Å². The fourth-order valence-electron chi connectivity index (χ4n) is 2.91. The van der Waals surface area contributed by atoms with Gasteiger partial charge in [0.05, 0.1) is 31.1 Å². The maximum absolute atomic E-state index is 13.4.